The van der Waals surface area contributed by atoms with Gasteiger partial charge in [-0.3, -0.25) is 0 Å². The molecule has 1 aromatic rings. The number of halogens is 1. The molecule has 1 heterocycles. The van der Waals surface area contributed by atoms with E-state index in [0.717, 1.165) is 25.1 Å². The molecule has 1 aliphatic heterocycles. The van der Waals surface area contributed by atoms with E-state index in [1.165, 1.54) is 12.5 Å². The van der Waals surface area contributed by atoms with E-state index in [-0.39, 0.29) is 5.82 Å². The second kappa shape index (κ2) is 5.05. The molecule has 2 atom stereocenters. The molecule has 2 nitrogen and oxygen atoms in total. The van der Waals surface area contributed by atoms with Crippen LogP contribution in [-0.2, 0) is 0 Å². The molecule has 1 N–H and O–H groups in total. The maximum atomic E-state index is 13.8. The maximum absolute atomic E-state index is 13.8. The zero-order valence-corrected chi connectivity index (χ0v) is 10.5. The molecule has 0 aliphatic carbocycles. The second-order valence-electron chi connectivity index (χ2n) is 4.89. The van der Waals surface area contributed by atoms with Crippen molar-refractivity contribution in [2.75, 3.05) is 11.4 Å². The first-order chi connectivity index (χ1) is 8.11. The number of aliphatic hydroxyl groups is 1. The smallest absolute Gasteiger partial charge is 0.131 e. The molecule has 0 aromatic heterocycles. The molecule has 94 valence electrons. The monoisotopic (exact) mass is 237 g/mol. The van der Waals surface area contributed by atoms with Gasteiger partial charge in [-0.1, -0.05) is 6.07 Å². The quantitative estimate of drug-likeness (QED) is 0.853. The largest absolute Gasteiger partial charge is 0.389 e. The van der Waals surface area contributed by atoms with Crippen LogP contribution in [0.4, 0.5) is 10.1 Å². The molecule has 0 radical (unpaired) electrons. The van der Waals surface area contributed by atoms with Crippen molar-refractivity contribution in [3.63, 3.8) is 0 Å². The van der Waals surface area contributed by atoms with Gasteiger partial charge in [-0.05, 0) is 45.2 Å². The van der Waals surface area contributed by atoms with Gasteiger partial charge in [-0.15, -0.1) is 0 Å². The van der Waals surface area contributed by atoms with Crippen LogP contribution in [0.5, 0.6) is 0 Å². The maximum Gasteiger partial charge on any atom is 0.131 e. The SMILES string of the molecule is CC1CCCCN1c1cccc(F)c1[C@H](C)O. The predicted octanol–water partition coefficient (Wildman–Crippen LogP) is 3.26. The minimum atomic E-state index is -0.764. The molecule has 0 spiro atoms. The number of benzene rings is 1. The van der Waals surface area contributed by atoms with E-state index in [9.17, 15) is 9.50 Å². The Bertz CT molecular complexity index is 392. The van der Waals surface area contributed by atoms with Gasteiger partial charge in [0.1, 0.15) is 5.82 Å². The summed E-state index contributed by atoms with van der Waals surface area (Å²) in [7, 11) is 0. The van der Waals surface area contributed by atoms with E-state index in [0.29, 0.717) is 11.6 Å². The highest BCUT2D eigenvalue weighted by Gasteiger charge is 2.23. The van der Waals surface area contributed by atoms with Crippen molar-refractivity contribution in [3.05, 3.63) is 29.6 Å². The van der Waals surface area contributed by atoms with Gasteiger partial charge in [0.25, 0.3) is 0 Å². The molecule has 0 saturated carbocycles. The van der Waals surface area contributed by atoms with Gasteiger partial charge < -0.3 is 10.0 Å². The average molecular weight is 237 g/mol. The van der Waals surface area contributed by atoms with Crippen LogP contribution in [0, 0.1) is 5.82 Å². The van der Waals surface area contributed by atoms with Crippen molar-refractivity contribution in [2.24, 2.45) is 0 Å². The van der Waals surface area contributed by atoms with Crippen LogP contribution >= 0.6 is 0 Å². The summed E-state index contributed by atoms with van der Waals surface area (Å²) in [4.78, 5) is 2.22. The number of piperidine rings is 1. The summed E-state index contributed by atoms with van der Waals surface area (Å²) >= 11 is 0. The Kier molecular flexibility index (Phi) is 3.67. The van der Waals surface area contributed by atoms with Gasteiger partial charge >= 0.3 is 0 Å². The van der Waals surface area contributed by atoms with E-state index in [4.69, 9.17) is 0 Å². The van der Waals surface area contributed by atoms with Crippen molar-refractivity contribution < 1.29 is 9.50 Å². The van der Waals surface area contributed by atoms with Gasteiger partial charge in [0.2, 0.25) is 0 Å². The predicted molar refractivity (Wildman–Crippen MR) is 67.7 cm³/mol. The average Bonchev–Trinajstić information content (AvgIpc) is 2.28. The van der Waals surface area contributed by atoms with Gasteiger partial charge in [-0.2, -0.15) is 0 Å². The Labute approximate surface area is 102 Å². The highest BCUT2D eigenvalue weighted by Crippen LogP contribution is 2.32. The highest BCUT2D eigenvalue weighted by atomic mass is 19.1. The van der Waals surface area contributed by atoms with E-state index in [1.807, 2.05) is 6.07 Å². The minimum absolute atomic E-state index is 0.310. The molecular weight excluding hydrogens is 217 g/mol. The molecule has 0 bridgehead atoms. The lowest BCUT2D eigenvalue weighted by molar-refractivity contribution is 0.194. The highest BCUT2D eigenvalue weighted by molar-refractivity contribution is 5.56. The van der Waals surface area contributed by atoms with Crippen molar-refractivity contribution >= 4 is 5.69 Å². The van der Waals surface area contributed by atoms with E-state index in [2.05, 4.69) is 11.8 Å². The molecule has 3 heteroatoms. The second-order valence-corrected chi connectivity index (χ2v) is 4.89. The summed E-state index contributed by atoms with van der Waals surface area (Å²) in [5, 5.41) is 9.74. The van der Waals surface area contributed by atoms with Crippen molar-refractivity contribution in [3.8, 4) is 0 Å². The van der Waals surface area contributed by atoms with Crippen LogP contribution in [0.15, 0.2) is 18.2 Å². The first-order valence-electron chi connectivity index (χ1n) is 6.34. The van der Waals surface area contributed by atoms with Crippen LogP contribution in [-0.4, -0.2) is 17.7 Å². The summed E-state index contributed by atoms with van der Waals surface area (Å²) in [6.07, 6.45) is 2.74. The molecule has 2 rings (SSSR count). The molecule has 1 fully saturated rings. The van der Waals surface area contributed by atoms with E-state index in [1.54, 1.807) is 13.0 Å². The number of aliphatic hydroxyl groups excluding tert-OH is 1. The van der Waals surface area contributed by atoms with Crippen LogP contribution in [0.3, 0.4) is 0 Å². The van der Waals surface area contributed by atoms with Gasteiger partial charge in [-0.25, -0.2) is 4.39 Å². The van der Waals surface area contributed by atoms with Gasteiger partial charge in [0.15, 0.2) is 0 Å². The summed E-state index contributed by atoms with van der Waals surface area (Å²) in [5.41, 5.74) is 1.29. The number of hydrogen-bond acceptors (Lipinski definition) is 2. The van der Waals surface area contributed by atoms with E-state index < -0.39 is 6.10 Å². The normalized spacial score (nSPS) is 22.6. The summed E-state index contributed by atoms with van der Waals surface area (Å²) in [6.45, 7) is 4.73. The third-order valence-corrected chi connectivity index (χ3v) is 3.56. The van der Waals surface area contributed by atoms with Gasteiger partial charge in [0.05, 0.1) is 6.10 Å². The van der Waals surface area contributed by atoms with Crippen molar-refractivity contribution in [1.82, 2.24) is 0 Å². The first-order valence-corrected chi connectivity index (χ1v) is 6.34. The zero-order valence-electron chi connectivity index (χ0n) is 10.5. The number of rotatable bonds is 2. The van der Waals surface area contributed by atoms with E-state index >= 15 is 0 Å². The zero-order chi connectivity index (χ0) is 12.4. The fourth-order valence-corrected chi connectivity index (χ4v) is 2.65. The lowest BCUT2D eigenvalue weighted by Gasteiger charge is -2.37. The molecule has 1 unspecified atom stereocenters. The number of anilines is 1. The standard InChI is InChI=1S/C14H20FNO/c1-10-6-3-4-9-16(10)13-8-5-7-12(15)14(13)11(2)17/h5,7-8,10-11,17H,3-4,6,9H2,1-2H3/t10?,11-/m0/s1. The first kappa shape index (κ1) is 12.4. The molecular formula is C14H20FNO. The Morgan fingerprint density at radius 2 is 2.18 bits per heavy atom. The Hall–Kier alpha value is -1.09. The Balaban J connectivity index is 2.40. The van der Waals surface area contributed by atoms with Crippen LogP contribution < -0.4 is 4.90 Å². The van der Waals surface area contributed by atoms with Crippen molar-refractivity contribution in [2.45, 2.75) is 45.3 Å². The van der Waals surface area contributed by atoms with Crippen LogP contribution in [0.25, 0.3) is 0 Å². The molecule has 17 heavy (non-hydrogen) atoms. The van der Waals surface area contributed by atoms with Crippen LogP contribution in [0.1, 0.15) is 44.8 Å². The van der Waals surface area contributed by atoms with Gasteiger partial charge in [0, 0.05) is 23.8 Å². The molecule has 0 amide bonds. The summed E-state index contributed by atoms with van der Waals surface area (Å²) < 4.78 is 13.8. The number of hydrogen-bond donors (Lipinski definition) is 1. The Morgan fingerprint density at radius 3 is 2.82 bits per heavy atom. The fraction of sp³-hybridized carbons (Fsp3) is 0.571. The van der Waals surface area contributed by atoms with Crippen LogP contribution in [0.2, 0.25) is 0 Å². The topological polar surface area (TPSA) is 23.5 Å². The summed E-state index contributed by atoms with van der Waals surface area (Å²) in [6, 6.07) is 5.47. The third-order valence-electron chi connectivity index (χ3n) is 3.56. The molecule has 1 aromatic carbocycles. The Morgan fingerprint density at radius 1 is 1.41 bits per heavy atom. The fourth-order valence-electron chi connectivity index (χ4n) is 2.65. The molecule has 1 aliphatic rings. The lowest BCUT2D eigenvalue weighted by atomic mass is 9.99. The minimum Gasteiger partial charge on any atom is -0.389 e. The number of nitrogens with zero attached hydrogens (tertiary/aromatic N) is 1. The lowest BCUT2D eigenvalue weighted by Crippen LogP contribution is -2.38. The summed E-state index contributed by atoms with van der Waals surface area (Å²) in [5.74, 6) is -0.310. The third kappa shape index (κ3) is 2.44. The molecule has 1 saturated heterocycles. The van der Waals surface area contributed by atoms with Crippen molar-refractivity contribution in [1.29, 1.82) is 0 Å².